The van der Waals surface area contributed by atoms with Crippen LogP contribution in [0.25, 0.3) is 10.8 Å². The van der Waals surface area contributed by atoms with Crippen LogP contribution in [0, 0.1) is 0 Å². The molecule has 0 bridgehead atoms. The zero-order chi connectivity index (χ0) is 14.7. The third-order valence-corrected chi connectivity index (χ3v) is 4.07. The summed E-state index contributed by atoms with van der Waals surface area (Å²) < 4.78 is 0.957. The van der Waals surface area contributed by atoms with Gasteiger partial charge in [-0.1, -0.05) is 42.5 Å². The van der Waals surface area contributed by atoms with Gasteiger partial charge in [-0.15, -0.1) is 0 Å². The van der Waals surface area contributed by atoms with Crippen molar-refractivity contribution in [3.8, 4) is 0 Å². The summed E-state index contributed by atoms with van der Waals surface area (Å²) in [5.41, 5.74) is 5.24. The Morgan fingerprint density at radius 1 is 1.10 bits per heavy atom. The van der Waals surface area contributed by atoms with Gasteiger partial charge >= 0.3 is 0 Å². The summed E-state index contributed by atoms with van der Waals surface area (Å²) in [6.45, 7) is 0. The third-order valence-electron chi connectivity index (χ3n) is 3.63. The summed E-state index contributed by atoms with van der Waals surface area (Å²) in [5.74, 6) is 5.75. The summed E-state index contributed by atoms with van der Waals surface area (Å²) in [4.78, 5) is 4.21. The molecule has 21 heavy (non-hydrogen) atoms. The van der Waals surface area contributed by atoms with Crippen molar-refractivity contribution in [3.63, 3.8) is 0 Å². The Balaban J connectivity index is 1.96. The van der Waals surface area contributed by atoms with Crippen LogP contribution in [0.4, 0.5) is 0 Å². The summed E-state index contributed by atoms with van der Waals surface area (Å²) >= 11 is 3.45. The van der Waals surface area contributed by atoms with Crippen LogP contribution in [0.15, 0.2) is 65.4 Å². The van der Waals surface area contributed by atoms with Gasteiger partial charge in [0, 0.05) is 16.9 Å². The molecule has 1 heterocycles. The molecule has 3 aromatic rings. The summed E-state index contributed by atoms with van der Waals surface area (Å²) in [5, 5.41) is 2.52. The number of benzene rings is 2. The van der Waals surface area contributed by atoms with Crippen molar-refractivity contribution >= 4 is 26.7 Å². The minimum Gasteiger partial charge on any atom is -0.271 e. The fourth-order valence-electron chi connectivity index (χ4n) is 2.58. The maximum absolute atomic E-state index is 5.75. The molecule has 3 rings (SSSR count). The molecule has 106 valence electrons. The van der Waals surface area contributed by atoms with Crippen molar-refractivity contribution in [1.82, 2.24) is 10.4 Å². The van der Waals surface area contributed by atoms with Gasteiger partial charge in [-0.05, 0) is 50.3 Å². The van der Waals surface area contributed by atoms with E-state index in [4.69, 9.17) is 5.84 Å². The summed E-state index contributed by atoms with van der Waals surface area (Å²) in [7, 11) is 0. The highest BCUT2D eigenvalue weighted by atomic mass is 79.9. The Kier molecular flexibility index (Phi) is 4.29. The number of halogens is 1. The second kappa shape index (κ2) is 6.35. The van der Waals surface area contributed by atoms with Gasteiger partial charge in [0.2, 0.25) is 0 Å². The molecule has 0 fully saturated rings. The molecular formula is C17H16BrN3. The zero-order valence-electron chi connectivity index (χ0n) is 11.5. The number of fused-ring (bicyclic) bond motifs is 1. The van der Waals surface area contributed by atoms with Crippen molar-refractivity contribution in [2.45, 2.75) is 12.5 Å². The Labute approximate surface area is 132 Å². The minimum absolute atomic E-state index is 0.0285. The fraction of sp³-hybridized carbons (Fsp3) is 0.118. The highest BCUT2D eigenvalue weighted by molar-refractivity contribution is 9.10. The topological polar surface area (TPSA) is 50.9 Å². The standard InChI is InChI=1S/C17H16BrN3/c18-15-8-14(10-20-11-15)17(21-19)9-13-6-3-5-12-4-1-2-7-16(12)13/h1-8,10-11,17,21H,9,19H2. The van der Waals surface area contributed by atoms with Crippen molar-refractivity contribution in [2.24, 2.45) is 5.84 Å². The zero-order valence-corrected chi connectivity index (χ0v) is 13.0. The van der Waals surface area contributed by atoms with Crippen LogP contribution in [0.5, 0.6) is 0 Å². The number of nitrogens with one attached hydrogen (secondary N) is 1. The average molecular weight is 342 g/mol. The van der Waals surface area contributed by atoms with E-state index in [0.717, 1.165) is 16.5 Å². The molecule has 2 aromatic carbocycles. The molecule has 0 amide bonds. The van der Waals surface area contributed by atoms with Gasteiger partial charge in [0.1, 0.15) is 0 Å². The highest BCUT2D eigenvalue weighted by Crippen LogP contribution is 2.25. The van der Waals surface area contributed by atoms with E-state index in [9.17, 15) is 0 Å². The number of aromatic nitrogens is 1. The number of nitrogens with zero attached hydrogens (tertiary/aromatic N) is 1. The maximum Gasteiger partial charge on any atom is 0.0516 e. The van der Waals surface area contributed by atoms with E-state index in [2.05, 4.69) is 68.8 Å². The Morgan fingerprint density at radius 2 is 1.90 bits per heavy atom. The Morgan fingerprint density at radius 3 is 2.71 bits per heavy atom. The fourth-order valence-corrected chi connectivity index (χ4v) is 2.96. The SMILES string of the molecule is NNC(Cc1cccc2ccccc12)c1cncc(Br)c1. The lowest BCUT2D eigenvalue weighted by atomic mass is 9.96. The predicted octanol–water partition coefficient (Wildman–Crippen LogP) is 3.74. The molecule has 0 aliphatic heterocycles. The summed E-state index contributed by atoms with van der Waals surface area (Å²) in [6, 6.07) is 16.8. The van der Waals surface area contributed by atoms with Gasteiger partial charge in [0.05, 0.1) is 6.04 Å². The van der Waals surface area contributed by atoms with Gasteiger partial charge in [-0.2, -0.15) is 0 Å². The molecule has 1 atom stereocenters. The number of pyridine rings is 1. The van der Waals surface area contributed by atoms with Crippen LogP contribution in [0.3, 0.4) is 0 Å². The minimum atomic E-state index is 0.0285. The monoisotopic (exact) mass is 341 g/mol. The second-order valence-corrected chi connectivity index (χ2v) is 5.91. The molecule has 1 aromatic heterocycles. The van der Waals surface area contributed by atoms with E-state index >= 15 is 0 Å². The maximum atomic E-state index is 5.75. The number of hydrogen-bond acceptors (Lipinski definition) is 3. The van der Waals surface area contributed by atoms with Gasteiger partial charge < -0.3 is 0 Å². The number of rotatable bonds is 4. The van der Waals surface area contributed by atoms with E-state index in [1.165, 1.54) is 16.3 Å². The van der Waals surface area contributed by atoms with E-state index in [0.29, 0.717) is 0 Å². The van der Waals surface area contributed by atoms with Crippen LogP contribution in [0.2, 0.25) is 0 Å². The number of hydrazine groups is 1. The first-order valence-electron chi connectivity index (χ1n) is 6.81. The number of nitrogens with two attached hydrogens (primary N) is 1. The van der Waals surface area contributed by atoms with Crippen LogP contribution in [-0.2, 0) is 6.42 Å². The summed E-state index contributed by atoms with van der Waals surface area (Å²) in [6.07, 6.45) is 4.44. The van der Waals surface area contributed by atoms with E-state index in [1.54, 1.807) is 6.20 Å². The molecule has 0 saturated carbocycles. The van der Waals surface area contributed by atoms with Crippen molar-refractivity contribution < 1.29 is 0 Å². The molecule has 0 aliphatic rings. The van der Waals surface area contributed by atoms with E-state index in [1.807, 2.05) is 12.3 Å². The van der Waals surface area contributed by atoms with E-state index in [-0.39, 0.29) is 6.04 Å². The molecule has 3 nitrogen and oxygen atoms in total. The lowest BCUT2D eigenvalue weighted by Gasteiger charge is -2.17. The van der Waals surface area contributed by atoms with Gasteiger partial charge in [0.15, 0.2) is 0 Å². The highest BCUT2D eigenvalue weighted by Gasteiger charge is 2.13. The molecule has 3 N–H and O–H groups in total. The first-order valence-corrected chi connectivity index (χ1v) is 7.60. The van der Waals surface area contributed by atoms with Crippen LogP contribution in [0.1, 0.15) is 17.2 Å². The van der Waals surface area contributed by atoms with Gasteiger partial charge in [0.25, 0.3) is 0 Å². The average Bonchev–Trinajstić information content (AvgIpc) is 2.52. The smallest absolute Gasteiger partial charge is 0.0516 e. The molecule has 1 unspecified atom stereocenters. The molecule has 4 heteroatoms. The molecule has 0 radical (unpaired) electrons. The van der Waals surface area contributed by atoms with Crippen molar-refractivity contribution in [3.05, 3.63) is 76.5 Å². The normalized spacial score (nSPS) is 12.5. The third kappa shape index (κ3) is 3.13. The van der Waals surface area contributed by atoms with Crippen molar-refractivity contribution in [1.29, 1.82) is 0 Å². The van der Waals surface area contributed by atoms with Crippen LogP contribution in [-0.4, -0.2) is 4.98 Å². The van der Waals surface area contributed by atoms with E-state index < -0.39 is 0 Å². The molecule has 0 aliphatic carbocycles. The van der Waals surface area contributed by atoms with Gasteiger partial charge in [-0.25, -0.2) is 0 Å². The number of hydrogen-bond donors (Lipinski definition) is 2. The van der Waals surface area contributed by atoms with Gasteiger partial charge in [-0.3, -0.25) is 16.3 Å². The van der Waals surface area contributed by atoms with Crippen LogP contribution < -0.4 is 11.3 Å². The molecule has 0 spiro atoms. The first-order chi connectivity index (χ1) is 10.3. The largest absolute Gasteiger partial charge is 0.271 e. The predicted molar refractivity (Wildman–Crippen MR) is 89.7 cm³/mol. The lowest BCUT2D eigenvalue weighted by molar-refractivity contribution is 0.551. The van der Waals surface area contributed by atoms with Crippen LogP contribution >= 0.6 is 15.9 Å². The Hall–Kier alpha value is -1.75. The molecular weight excluding hydrogens is 326 g/mol. The van der Waals surface area contributed by atoms with Crippen molar-refractivity contribution in [2.75, 3.05) is 0 Å². The first kappa shape index (κ1) is 14.2. The lowest BCUT2D eigenvalue weighted by Crippen LogP contribution is -2.29. The second-order valence-electron chi connectivity index (χ2n) is 5.00. The quantitative estimate of drug-likeness (QED) is 0.561. The molecule has 0 saturated heterocycles. The Bertz CT molecular complexity index is 752.